The van der Waals surface area contributed by atoms with Gasteiger partial charge in [-0.25, -0.2) is 0 Å². The summed E-state index contributed by atoms with van der Waals surface area (Å²) in [4.78, 5) is 0. The third-order valence-corrected chi connectivity index (χ3v) is 2.05. The van der Waals surface area contributed by atoms with Crippen molar-refractivity contribution in [2.45, 2.75) is 12.6 Å². The maximum atomic E-state index is 12.4. The summed E-state index contributed by atoms with van der Waals surface area (Å²) in [6.07, 6.45) is -0.775. The highest BCUT2D eigenvalue weighted by atomic mass is 19.4. The second-order valence-electron chi connectivity index (χ2n) is 3.11. The molecule has 0 radical (unpaired) electrons. The van der Waals surface area contributed by atoms with Crippen LogP contribution in [0.15, 0.2) is 37.4 Å². The fraction of sp³-hybridized carbons (Fsp3) is 0.167. The maximum Gasteiger partial charge on any atom is 0.416 e. The molecule has 0 unspecified atom stereocenters. The van der Waals surface area contributed by atoms with E-state index in [1.54, 1.807) is 12.2 Å². The van der Waals surface area contributed by atoms with Crippen LogP contribution in [-0.2, 0) is 12.6 Å². The van der Waals surface area contributed by atoms with Crippen molar-refractivity contribution < 1.29 is 13.2 Å². The molecular formula is C12H11F3. The summed E-state index contributed by atoms with van der Waals surface area (Å²) >= 11 is 0. The monoisotopic (exact) mass is 212 g/mol. The lowest BCUT2D eigenvalue weighted by Crippen LogP contribution is -2.05. The number of allylic oxidation sites excluding steroid dienone is 1. The number of hydrogen-bond acceptors (Lipinski definition) is 0. The molecule has 0 aliphatic carbocycles. The van der Waals surface area contributed by atoms with Crippen molar-refractivity contribution in [1.29, 1.82) is 0 Å². The lowest BCUT2D eigenvalue weighted by molar-refractivity contribution is -0.137. The van der Waals surface area contributed by atoms with Crippen LogP contribution in [0.2, 0.25) is 0 Å². The first-order valence-electron chi connectivity index (χ1n) is 4.42. The second-order valence-corrected chi connectivity index (χ2v) is 3.11. The fourth-order valence-corrected chi connectivity index (χ4v) is 1.31. The van der Waals surface area contributed by atoms with Crippen LogP contribution in [0, 0.1) is 0 Å². The minimum Gasteiger partial charge on any atom is -0.166 e. The van der Waals surface area contributed by atoms with Crippen LogP contribution in [0.5, 0.6) is 0 Å². The van der Waals surface area contributed by atoms with E-state index in [0.717, 1.165) is 12.1 Å². The molecule has 0 fully saturated rings. The quantitative estimate of drug-likeness (QED) is 0.662. The summed E-state index contributed by atoms with van der Waals surface area (Å²) in [6, 6.07) is 3.62. The first kappa shape index (κ1) is 11.6. The first-order chi connectivity index (χ1) is 6.99. The Morgan fingerprint density at radius 2 is 1.87 bits per heavy atom. The van der Waals surface area contributed by atoms with Gasteiger partial charge in [-0.3, -0.25) is 0 Å². The third kappa shape index (κ3) is 2.72. The van der Waals surface area contributed by atoms with Crippen LogP contribution in [-0.4, -0.2) is 0 Å². The predicted molar refractivity (Wildman–Crippen MR) is 55.4 cm³/mol. The van der Waals surface area contributed by atoms with Crippen molar-refractivity contribution >= 4 is 6.08 Å². The van der Waals surface area contributed by atoms with Gasteiger partial charge >= 0.3 is 6.18 Å². The molecule has 0 heterocycles. The molecule has 0 aliphatic heterocycles. The van der Waals surface area contributed by atoms with E-state index in [1.807, 2.05) is 0 Å². The van der Waals surface area contributed by atoms with Crippen LogP contribution in [0.3, 0.4) is 0 Å². The Bertz CT molecular complexity index is 375. The molecule has 0 bridgehead atoms. The average molecular weight is 212 g/mol. The smallest absolute Gasteiger partial charge is 0.166 e. The van der Waals surface area contributed by atoms with Crippen LogP contribution in [0.1, 0.15) is 16.7 Å². The molecule has 15 heavy (non-hydrogen) atoms. The molecule has 0 spiro atoms. The molecule has 1 aromatic rings. The van der Waals surface area contributed by atoms with E-state index in [2.05, 4.69) is 13.2 Å². The van der Waals surface area contributed by atoms with E-state index in [4.69, 9.17) is 0 Å². The summed E-state index contributed by atoms with van der Waals surface area (Å²) < 4.78 is 37.2. The zero-order chi connectivity index (χ0) is 11.5. The highest BCUT2D eigenvalue weighted by Gasteiger charge is 2.30. The van der Waals surface area contributed by atoms with Gasteiger partial charge in [0.1, 0.15) is 0 Å². The Morgan fingerprint density at radius 3 is 2.33 bits per heavy atom. The Labute approximate surface area is 86.7 Å². The van der Waals surface area contributed by atoms with Gasteiger partial charge in [0.05, 0.1) is 5.56 Å². The van der Waals surface area contributed by atoms with Crippen LogP contribution in [0.4, 0.5) is 13.2 Å². The molecule has 1 rings (SSSR count). The molecule has 0 nitrogen and oxygen atoms in total. The molecule has 3 heteroatoms. The predicted octanol–water partition coefficient (Wildman–Crippen LogP) is 4.08. The van der Waals surface area contributed by atoms with Crippen molar-refractivity contribution in [2.24, 2.45) is 0 Å². The Balaban J connectivity index is 3.21. The summed E-state index contributed by atoms with van der Waals surface area (Å²) in [5.74, 6) is 0. The molecule has 0 N–H and O–H groups in total. The summed E-state index contributed by atoms with van der Waals surface area (Å²) in [5, 5.41) is 0. The normalized spacial score (nSPS) is 11.1. The van der Waals surface area contributed by atoms with Crippen molar-refractivity contribution in [3.05, 3.63) is 54.1 Å². The van der Waals surface area contributed by atoms with Gasteiger partial charge in [-0.15, -0.1) is 6.58 Å². The zero-order valence-electron chi connectivity index (χ0n) is 8.14. The average Bonchev–Trinajstić information content (AvgIpc) is 2.17. The molecular weight excluding hydrogens is 201 g/mol. The summed E-state index contributed by atoms with van der Waals surface area (Å²) in [7, 11) is 0. The Morgan fingerprint density at radius 1 is 1.20 bits per heavy atom. The van der Waals surface area contributed by atoms with Gasteiger partial charge in [0, 0.05) is 0 Å². The topological polar surface area (TPSA) is 0 Å². The van der Waals surface area contributed by atoms with E-state index in [-0.39, 0.29) is 0 Å². The van der Waals surface area contributed by atoms with Crippen LogP contribution in [0.25, 0.3) is 6.08 Å². The molecule has 0 saturated carbocycles. The van der Waals surface area contributed by atoms with Gasteiger partial charge in [-0.1, -0.05) is 24.8 Å². The Hall–Kier alpha value is -1.51. The van der Waals surface area contributed by atoms with E-state index in [0.29, 0.717) is 17.5 Å². The van der Waals surface area contributed by atoms with E-state index < -0.39 is 11.7 Å². The van der Waals surface area contributed by atoms with Crippen molar-refractivity contribution in [2.75, 3.05) is 0 Å². The molecule has 0 aromatic heterocycles. The summed E-state index contributed by atoms with van der Waals surface area (Å²) in [5.41, 5.74) is 0.669. The van der Waals surface area contributed by atoms with Crippen LogP contribution >= 0.6 is 0 Å². The van der Waals surface area contributed by atoms with E-state index >= 15 is 0 Å². The number of alkyl halides is 3. The lowest BCUT2D eigenvalue weighted by atomic mass is 10.0. The molecule has 1 aromatic carbocycles. The van der Waals surface area contributed by atoms with Gasteiger partial charge in [0.25, 0.3) is 0 Å². The first-order valence-corrected chi connectivity index (χ1v) is 4.42. The van der Waals surface area contributed by atoms with Gasteiger partial charge < -0.3 is 0 Å². The zero-order valence-corrected chi connectivity index (χ0v) is 8.14. The van der Waals surface area contributed by atoms with Crippen molar-refractivity contribution in [3.8, 4) is 0 Å². The summed E-state index contributed by atoms with van der Waals surface area (Å²) in [6.45, 7) is 7.06. The molecule has 0 aliphatic rings. The van der Waals surface area contributed by atoms with Crippen molar-refractivity contribution in [1.82, 2.24) is 0 Å². The molecule has 80 valence electrons. The van der Waals surface area contributed by atoms with E-state index in [1.165, 1.54) is 6.07 Å². The number of rotatable bonds is 3. The molecule has 0 amide bonds. The third-order valence-electron chi connectivity index (χ3n) is 2.05. The minimum absolute atomic E-state index is 0.408. The highest BCUT2D eigenvalue weighted by Crippen LogP contribution is 2.30. The van der Waals surface area contributed by atoms with E-state index in [9.17, 15) is 13.2 Å². The Kier molecular flexibility index (Phi) is 3.35. The maximum absolute atomic E-state index is 12.4. The second kappa shape index (κ2) is 4.34. The van der Waals surface area contributed by atoms with Gasteiger partial charge in [-0.05, 0) is 29.7 Å². The minimum atomic E-state index is -4.30. The molecule has 0 atom stereocenters. The molecule has 0 saturated heterocycles. The van der Waals surface area contributed by atoms with Gasteiger partial charge in [-0.2, -0.15) is 13.2 Å². The number of hydrogen-bond donors (Lipinski definition) is 0. The van der Waals surface area contributed by atoms with Gasteiger partial charge in [0.2, 0.25) is 0 Å². The number of halogens is 3. The number of benzene rings is 1. The van der Waals surface area contributed by atoms with Crippen molar-refractivity contribution in [3.63, 3.8) is 0 Å². The fourth-order valence-electron chi connectivity index (χ4n) is 1.31. The highest BCUT2D eigenvalue weighted by molar-refractivity contribution is 5.53. The lowest BCUT2D eigenvalue weighted by Gasteiger charge is -2.10. The SMILES string of the molecule is C=CCc1cc(C(F)(F)F)ccc1C=C. The standard InChI is InChI=1S/C12H11F3/c1-3-5-10-8-11(12(13,14)15)7-6-9(10)4-2/h3-4,6-8H,1-2,5H2. The largest absolute Gasteiger partial charge is 0.416 e. The van der Waals surface area contributed by atoms with Crippen LogP contribution < -0.4 is 0 Å². The van der Waals surface area contributed by atoms with Gasteiger partial charge in [0.15, 0.2) is 0 Å².